The van der Waals surface area contributed by atoms with Gasteiger partial charge in [-0.3, -0.25) is 14.3 Å². The molecular weight excluding hydrogens is 346 g/mol. The third kappa shape index (κ3) is 2.43. The summed E-state index contributed by atoms with van der Waals surface area (Å²) in [6.07, 6.45) is -0.836. The summed E-state index contributed by atoms with van der Waals surface area (Å²) in [6, 6.07) is 0. The molecule has 0 aliphatic carbocycles. The first-order chi connectivity index (χ1) is 8.02. The van der Waals surface area contributed by atoms with Crippen molar-refractivity contribution in [1.29, 1.82) is 0 Å². The fourth-order valence-corrected chi connectivity index (χ4v) is 2.49. The minimum atomic E-state index is -1.06. The Kier molecular flexibility index (Phi) is 3.64. The molecule has 1 aromatic heterocycles. The van der Waals surface area contributed by atoms with Crippen molar-refractivity contribution in [1.82, 2.24) is 9.55 Å². The lowest BCUT2D eigenvalue weighted by Crippen LogP contribution is -2.33. The molecule has 2 heterocycles. The van der Waals surface area contributed by atoms with Crippen LogP contribution in [0.25, 0.3) is 0 Å². The second-order valence-electron chi connectivity index (χ2n) is 3.73. The number of H-pyrrole nitrogens is 1. The van der Waals surface area contributed by atoms with Gasteiger partial charge in [0.05, 0.1) is 18.4 Å². The van der Waals surface area contributed by atoms with Gasteiger partial charge in [0.2, 0.25) is 5.82 Å². The summed E-state index contributed by atoms with van der Waals surface area (Å²) in [7, 11) is 0. The van der Waals surface area contributed by atoms with E-state index in [1.54, 1.807) is 0 Å². The number of nitrogens with one attached hydrogen (secondary N) is 1. The van der Waals surface area contributed by atoms with Gasteiger partial charge in [-0.25, -0.2) is 4.79 Å². The highest BCUT2D eigenvalue weighted by molar-refractivity contribution is 14.1. The van der Waals surface area contributed by atoms with Gasteiger partial charge in [0.15, 0.2) is 0 Å². The summed E-state index contributed by atoms with van der Waals surface area (Å²) in [5, 5.41) is 9.62. The van der Waals surface area contributed by atoms with E-state index in [0.717, 1.165) is 10.8 Å². The highest BCUT2D eigenvalue weighted by Gasteiger charge is 2.34. The Balaban J connectivity index is 2.34. The molecule has 1 aliphatic heterocycles. The molecule has 6 nitrogen and oxygen atoms in total. The Morgan fingerprint density at radius 1 is 1.65 bits per heavy atom. The Labute approximate surface area is 109 Å². The van der Waals surface area contributed by atoms with Crippen LogP contribution in [0, 0.1) is 5.82 Å². The number of aliphatic hydroxyl groups excluding tert-OH is 1. The number of aliphatic hydroxyl groups is 1. The zero-order chi connectivity index (χ0) is 12.6. The number of nitrogens with zero attached hydrogens (tertiary/aromatic N) is 1. The minimum Gasteiger partial charge on any atom is -0.390 e. The number of rotatable bonds is 2. The molecule has 0 spiro atoms. The van der Waals surface area contributed by atoms with Crippen molar-refractivity contribution in [2.45, 2.75) is 24.9 Å². The molecule has 1 aliphatic rings. The van der Waals surface area contributed by atoms with E-state index >= 15 is 0 Å². The van der Waals surface area contributed by atoms with Crippen LogP contribution in [0.3, 0.4) is 0 Å². The lowest BCUT2D eigenvalue weighted by molar-refractivity contribution is -0.00656. The highest BCUT2D eigenvalue weighted by Crippen LogP contribution is 2.28. The number of ether oxygens (including phenoxy) is 1. The molecule has 94 valence electrons. The number of hydrogen-bond donors (Lipinski definition) is 2. The highest BCUT2D eigenvalue weighted by atomic mass is 127. The second-order valence-corrected chi connectivity index (χ2v) is 4.61. The zero-order valence-electron chi connectivity index (χ0n) is 8.60. The van der Waals surface area contributed by atoms with Crippen molar-refractivity contribution >= 4 is 22.6 Å². The van der Waals surface area contributed by atoms with Gasteiger partial charge < -0.3 is 9.84 Å². The number of alkyl halides is 1. The van der Waals surface area contributed by atoms with Crippen LogP contribution in [-0.2, 0) is 4.74 Å². The fraction of sp³-hybridized carbons (Fsp3) is 0.556. The molecule has 0 saturated carbocycles. The van der Waals surface area contributed by atoms with Gasteiger partial charge in [-0.15, -0.1) is 0 Å². The molecule has 0 aromatic carbocycles. The van der Waals surface area contributed by atoms with E-state index in [2.05, 4.69) is 22.6 Å². The molecule has 1 fully saturated rings. The summed E-state index contributed by atoms with van der Waals surface area (Å²) in [5.41, 5.74) is -1.81. The van der Waals surface area contributed by atoms with Crippen LogP contribution in [0.1, 0.15) is 12.6 Å². The maximum atomic E-state index is 13.1. The SMILES string of the molecule is O=c1[nH]c(=O)n([C@@H]2C[C@H](O)[C@@H](CI)O2)cc1F. The van der Waals surface area contributed by atoms with Crippen LogP contribution >= 0.6 is 22.6 Å². The maximum Gasteiger partial charge on any atom is 0.330 e. The van der Waals surface area contributed by atoms with Crippen molar-refractivity contribution in [2.24, 2.45) is 0 Å². The first-order valence-electron chi connectivity index (χ1n) is 4.93. The van der Waals surface area contributed by atoms with Crippen LogP contribution in [0.2, 0.25) is 0 Å². The number of hydrogen-bond acceptors (Lipinski definition) is 4. The van der Waals surface area contributed by atoms with E-state index in [0.29, 0.717) is 4.43 Å². The first-order valence-corrected chi connectivity index (χ1v) is 6.46. The number of aromatic amines is 1. The van der Waals surface area contributed by atoms with Crippen molar-refractivity contribution < 1.29 is 14.2 Å². The molecule has 17 heavy (non-hydrogen) atoms. The topological polar surface area (TPSA) is 84.3 Å². The normalized spacial score (nSPS) is 28.5. The van der Waals surface area contributed by atoms with Crippen LogP contribution in [0.15, 0.2) is 15.8 Å². The molecule has 2 N–H and O–H groups in total. The molecular formula is C9H10FIN2O4. The maximum absolute atomic E-state index is 13.1. The fourth-order valence-electron chi connectivity index (χ4n) is 1.70. The molecule has 1 saturated heterocycles. The summed E-state index contributed by atoms with van der Waals surface area (Å²) in [6.45, 7) is 0. The van der Waals surface area contributed by atoms with E-state index in [1.165, 1.54) is 0 Å². The van der Waals surface area contributed by atoms with E-state index in [9.17, 15) is 19.1 Å². The average Bonchev–Trinajstić information content (AvgIpc) is 2.65. The largest absolute Gasteiger partial charge is 0.390 e. The second kappa shape index (κ2) is 4.86. The molecule has 0 unspecified atom stereocenters. The Morgan fingerprint density at radius 3 is 2.94 bits per heavy atom. The Bertz CT molecular complexity index is 528. The van der Waals surface area contributed by atoms with Gasteiger partial charge in [-0.05, 0) is 0 Å². The van der Waals surface area contributed by atoms with Crippen molar-refractivity contribution in [3.63, 3.8) is 0 Å². The summed E-state index contributed by atoms with van der Waals surface area (Å²) in [5.74, 6) is -1.05. The molecule has 0 bridgehead atoms. The zero-order valence-corrected chi connectivity index (χ0v) is 10.8. The monoisotopic (exact) mass is 356 g/mol. The third-order valence-electron chi connectivity index (χ3n) is 2.59. The molecule has 0 radical (unpaired) electrons. The summed E-state index contributed by atoms with van der Waals surface area (Å²) < 4.78 is 20.0. The first kappa shape index (κ1) is 12.7. The lowest BCUT2D eigenvalue weighted by Gasteiger charge is -2.13. The smallest absolute Gasteiger partial charge is 0.330 e. The number of halogens is 2. The van der Waals surface area contributed by atoms with Crippen LogP contribution < -0.4 is 11.2 Å². The standard InChI is InChI=1S/C9H10FIN2O4/c10-4-3-13(9(16)12-8(4)15)7-1-5(14)6(2-11)17-7/h3,5-7,14H,1-2H2,(H,12,15,16)/t5-,6+,7-/m0/s1. The molecule has 8 heteroatoms. The molecule has 1 aromatic rings. The minimum absolute atomic E-state index is 0.194. The van der Waals surface area contributed by atoms with E-state index < -0.39 is 29.4 Å². The predicted octanol–water partition coefficient (Wildman–Crippen LogP) is -0.241. The van der Waals surface area contributed by atoms with E-state index in [4.69, 9.17) is 4.74 Å². The van der Waals surface area contributed by atoms with Gasteiger partial charge in [0.1, 0.15) is 6.23 Å². The number of aromatic nitrogens is 2. The molecule has 2 rings (SSSR count). The van der Waals surface area contributed by atoms with Gasteiger partial charge >= 0.3 is 5.69 Å². The van der Waals surface area contributed by atoms with E-state index in [-0.39, 0.29) is 12.5 Å². The van der Waals surface area contributed by atoms with Crippen LogP contribution in [0.5, 0.6) is 0 Å². The molecule has 0 amide bonds. The van der Waals surface area contributed by atoms with Gasteiger partial charge in [0, 0.05) is 10.8 Å². The average molecular weight is 356 g/mol. The summed E-state index contributed by atoms with van der Waals surface area (Å²) in [4.78, 5) is 24.2. The predicted molar refractivity (Wildman–Crippen MR) is 64.7 cm³/mol. The van der Waals surface area contributed by atoms with Crippen molar-refractivity contribution in [3.05, 3.63) is 32.9 Å². The molecule has 3 atom stereocenters. The Hall–Kier alpha value is -0.740. The van der Waals surface area contributed by atoms with Crippen LogP contribution in [-0.4, -0.2) is 31.3 Å². The van der Waals surface area contributed by atoms with Crippen molar-refractivity contribution in [2.75, 3.05) is 4.43 Å². The van der Waals surface area contributed by atoms with Crippen molar-refractivity contribution in [3.8, 4) is 0 Å². The quantitative estimate of drug-likeness (QED) is 0.566. The van der Waals surface area contributed by atoms with Crippen LogP contribution in [0.4, 0.5) is 4.39 Å². The summed E-state index contributed by atoms with van der Waals surface area (Å²) >= 11 is 2.05. The lowest BCUT2D eigenvalue weighted by atomic mass is 10.2. The third-order valence-corrected chi connectivity index (χ3v) is 3.46. The van der Waals surface area contributed by atoms with Gasteiger partial charge in [0.25, 0.3) is 5.56 Å². The van der Waals surface area contributed by atoms with Gasteiger partial charge in [-0.1, -0.05) is 22.6 Å². The van der Waals surface area contributed by atoms with E-state index in [1.807, 2.05) is 4.98 Å². The van der Waals surface area contributed by atoms with Gasteiger partial charge in [-0.2, -0.15) is 4.39 Å². The Morgan fingerprint density at radius 2 is 2.35 bits per heavy atom.